The van der Waals surface area contributed by atoms with Gasteiger partial charge in [0.1, 0.15) is 0 Å². The van der Waals surface area contributed by atoms with Crippen LogP contribution < -0.4 is 10.2 Å². The van der Waals surface area contributed by atoms with Gasteiger partial charge in [0.05, 0.1) is 17.7 Å². The van der Waals surface area contributed by atoms with Crippen molar-refractivity contribution in [3.8, 4) is 0 Å². The number of anilines is 2. The summed E-state index contributed by atoms with van der Waals surface area (Å²) in [6, 6.07) is 28.0. The molecular weight excluding hydrogens is 362 g/mol. The van der Waals surface area contributed by atoms with Crippen molar-refractivity contribution < 1.29 is 9.59 Å². The number of pyridine rings is 1. The van der Waals surface area contributed by atoms with Crippen molar-refractivity contribution >= 4 is 34.1 Å². The van der Waals surface area contributed by atoms with Crippen LogP contribution in [0.3, 0.4) is 0 Å². The average Bonchev–Trinajstić information content (AvgIpc) is 2.78. The van der Waals surface area contributed by atoms with E-state index in [9.17, 15) is 9.59 Å². The lowest BCUT2D eigenvalue weighted by Crippen LogP contribution is -2.39. The Morgan fingerprint density at radius 3 is 2.24 bits per heavy atom. The lowest BCUT2D eigenvalue weighted by molar-refractivity contribution is -0.134. The van der Waals surface area contributed by atoms with Crippen LogP contribution >= 0.6 is 0 Å². The number of amides is 2. The molecule has 0 saturated carbocycles. The third-order valence-corrected chi connectivity index (χ3v) is 4.57. The van der Waals surface area contributed by atoms with Crippen molar-refractivity contribution in [1.82, 2.24) is 4.98 Å². The van der Waals surface area contributed by atoms with E-state index in [1.54, 1.807) is 12.3 Å². The first-order valence-corrected chi connectivity index (χ1v) is 9.28. The second-order valence-electron chi connectivity index (χ2n) is 6.55. The van der Waals surface area contributed by atoms with Gasteiger partial charge in [-0.25, -0.2) is 0 Å². The number of hydrogen-bond donors (Lipinski definition) is 1. The molecule has 0 aliphatic rings. The van der Waals surface area contributed by atoms with Crippen molar-refractivity contribution in [2.24, 2.45) is 0 Å². The zero-order valence-corrected chi connectivity index (χ0v) is 15.7. The van der Waals surface area contributed by atoms with Crippen LogP contribution in [0.15, 0.2) is 97.2 Å². The minimum atomic E-state index is -0.706. The zero-order chi connectivity index (χ0) is 20.1. The van der Waals surface area contributed by atoms with Gasteiger partial charge in [-0.2, -0.15) is 0 Å². The van der Waals surface area contributed by atoms with Gasteiger partial charge in [0.15, 0.2) is 0 Å². The van der Waals surface area contributed by atoms with Crippen LogP contribution in [0, 0.1) is 0 Å². The molecule has 4 rings (SSSR count). The molecule has 0 aliphatic carbocycles. The Labute approximate surface area is 168 Å². The molecule has 0 bridgehead atoms. The molecule has 0 spiro atoms. The Hall–Kier alpha value is -3.99. The van der Waals surface area contributed by atoms with Crippen LogP contribution in [0.1, 0.15) is 5.56 Å². The van der Waals surface area contributed by atoms with E-state index < -0.39 is 11.8 Å². The van der Waals surface area contributed by atoms with Gasteiger partial charge >= 0.3 is 11.8 Å². The van der Waals surface area contributed by atoms with Gasteiger partial charge in [0.2, 0.25) is 0 Å². The predicted molar refractivity (Wildman–Crippen MR) is 114 cm³/mol. The number of aromatic nitrogens is 1. The molecule has 0 atom stereocenters. The number of hydrogen-bond acceptors (Lipinski definition) is 3. The zero-order valence-electron chi connectivity index (χ0n) is 15.7. The normalized spacial score (nSPS) is 10.5. The largest absolute Gasteiger partial charge is 0.316 e. The monoisotopic (exact) mass is 381 g/mol. The van der Waals surface area contributed by atoms with Crippen LogP contribution in [-0.4, -0.2) is 16.8 Å². The number of benzene rings is 3. The Balaban J connectivity index is 1.62. The highest BCUT2D eigenvalue weighted by Gasteiger charge is 2.24. The summed E-state index contributed by atoms with van der Waals surface area (Å²) in [6.07, 6.45) is 1.66. The number of para-hydroxylation sites is 2. The minimum absolute atomic E-state index is 0.297. The SMILES string of the molecule is O=C(Nc1cccc2cccnc12)C(=O)N(Cc1ccccc1)c1ccccc1. The highest BCUT2D eigenvalue weighted by molar-refractivity contribution is 6.44. The fourth-order valence-corrected chi connectivity index (χ4v) is 3.16. The quantitative estimate of drug-likeness (QED) is 0.533. The summed E-state index contributed by atoms with van der Waals surface area (Å²) in [4.78, 5) is 31.7. The van der Waals surface area contributed by atoms with Gasteiger partial charge in [-0.3, -0.25) is 19.5 Å². The lowest BCUT2D eigenvalue weighted by Gasteiger charge is -2.22. The number of carbonyl (C=O) groups is 2. The van der Waals surface area contributed by atoms with E-state index in [1.807, 2.05) is 84.9 Å². The molecule has 0 unspecified atom stereocenters. The molecule has 3 aromatic carbocycles. The van der Waals surface area contributed by atoms with E-state index in [2.05, 4.69) is 10.3 Å². The van der Waals surface area contributed by atoms with Crippen molar-refractivity contribution in [3.63, 3.8) is 0 Å². The first kappa shape index (κ1) is 18.4. The molecule has 29 heavy (non-hydrogen) atoms. The van der Waals surface area contributed by atoms with Gasteiger partial charge in [0, 0.05) is 17.3 Å². The molecule has 2 amide bonds. The fourth-order valence-electron chi connectivity index (χ4n) is 3.16. The fraction of sp³-hybridized carbons (Fsp3) is 0.0417. The summed E-state index contributed by atoms with van der Waals surface area (Å²) in [7, 11) is 0. The molecule has 5 nitrogen and oxygen atoms in total. The highest BCUT2D eigenvalue weighted by atomic mass is 16.2. The second kappa shape index (κ2) is 8.35. The number of carbonyl (C=O) groups excluding carboxylic acids is 2. The predicted octanol–water partition coefficient (Wildman–Crippen LogP) is 4.41. The molecule has 4 aromatic rings. The molecular formula is C24H19N3O2. The highest BCUT2D eigenvalue weighted by Crippen LogP contribution is 2.22. The van der Waals surface area contributed by atoms with Gasteiger partial charge in [0.25, 0.3) is 0 Å². The van der Waals surface area contributed by atoms with Crippen LogP contribution in [-0.2, 0) is 16.1 Å². The summed E-state index contributed by atoms with van der Waals surface area (Å²) < 4.78 is 0. The van der Waals surface area contributed by atoms with Crippen LogP contribution in [0.25, 0.3) is 10.9 Å². The summed E-state index contributed by atoms with van der Waals surface area (Å²) in [5.74, 6) is -1.34. The van der Waals surface area contributed by atoms with Gasteiger partial charge in [-0.1, -0.05) is 66.7 Å². The minimum Gasteiger partial charge on any atom is -0.316 e. The summed E-state index contributed by atoms with van der Waals surface area (Å²) in [6.45, 7) is 0.297. The van der Waals surface area contributed by atoms with Crippen molar-refractivity contribution in [2.75, 3.05) is 10.2 Å². The van der Waals surface area contributed by atoms with Gasteiger partial charge in [-0.05, 0) is 29.8 Å². The van der Waals surface area contributed by atoms with Gasteiger partial charge in [-0.15, -0.1) is 0 Å². The molecule has 0 saturated heterocycles. The van der Waals surface area contributed by atoms with E-state index in [4.69, 9.17) is 0 Å². The van der Waals surface area contributed by atoms with Crippen LogP contribution in [0.5, 0.6) is 0 Å². The van der Waals surface area contributed by atoms with E-state index in [0.717, 1.165) is 10.9 Å². The van der Waals surface area contributed by atoms with E-state index in [0.29, 0.717) is 23.4 Å². The topological polar surface area (TPSA) is 62.3 Å². The molecule has 0 aliphatic heterocycles. The van der Waals surface area contributed by atoms with Crippen molar-refractivity contribution in [3.05, 3.63) is 103 Å². The third-order valence-electron chi connectivity index (χ3n) is 4.57. The van der Waals surface area contributed by atoms with E-state index >= 15 is 0 Å². The summed E-state index contributed by atoms with van der Waals surface area (Å²) in [5, 5.41) is 3.62. The number of nitrogens with zero attached hydrogens (tertiary/aromatic N) is 2. The Kier molecular flexibility index (Phi) is 5.29. The Bertz CT molecular complexity index is 1140. The lowest BCUT2D eigenvalue weighted by atomic mass is 10.1. The molecule has 1 heterocycles. The molecule has 5 heteroatoms. The second-order valence-corrected chi connectivity index (χ2v) is 6.55. The maximum Gasteiger partial charge on any atom is 0.316 e. The van der Waals surface area contributed by atoms with Crippen LogP contribution in [0.2, 0.25) is 0 Å². The van der Waals surface area contributed by atoms with E-state index in [-0.39, 0.29) is 0 Å². The summed E-state index contributed by atoms with van der Waals surface area (Å²) in [5.41, 5.74) is 2.75. The van der Waals surface area contributed by atoms with Crippen LogP contribution in [0.4, 0.5) is 11.4 Å². The molecule has 1 N–H and O–H groups in total. The first-order chi connectivity index (χ1) is 14.2. The van der Waals surface area contributed by atoms with Crippen molar-refractivity contribution in [2.45, 2.75) is 6.54 Å². The number of rotatable bonds is 4. The molecule has 1 aromatic heterocycles. The standard InChI is InChI=1S/C24H19N3O2/c28-23(26-21-15-7-11-19-12-8-16-25-22(19)21)24(29)27(20-13-5-2-6-14-20)17-18-9-3-1-4-10-18/h1-16H,17H2,(H,26,28). The Morgan fingerprint density at radius 1 is 0.793 bits per heavy atom. The maximum absolute atomic E-state index is 13.1. The third kappa shape index (κ3) is 4.14. The summed E-state index contributed by atoms with van der Waals surface area (Å²) >= 11 is 0. The maximum atomic E-state index is 13.1. The van der Waals surface area contributed by atoms with Gasteiger partial charge < -0.3 is 5.32 Å². The number of nitrogens with one attached hydrogen (secondary N) is 1. The van der Waals surface area contributed by atoms with Crippen molar-refractivity contribution in [1.29, 1.82) is 0 Å². The molecule has 0 fully saturated rings. The molecule has 142 valence electrons. The first-order valence-electron chi connectivity index (χ1n) is 9.28. The smallest absolute Gasteiger partial charge is 0.316 e. The molecule has 0 radical (unpaired) electrons. The van der Waals surface area contributed by atoms with E-state index in [1.165, 1.54) is 4.90 Å². The Morgan fingerprint density at radius 2 is 1.48 bits per heavy atom. The average molecular weight is 381 g/mol. The number of fused-ring (bicyclic) bond motifs is 1.